The van der Waals surface area contributed by atoms with Gasteiger partial charge in [-0.1, -0.05) is 17.8 Å². The lowest BCUT2D eigenvalue weighted by molar-refractivity contribution is -0.113. The van der Waals surface area contributed by atoms with Gasteiger partial charge in [-0.2, -0.15) is 5.26 Å². The number of hydrogen-bond acceptors (Lipinski definition) is 6. The van der Waals surface area contributed by atoms with Gasteiger partial charge >= 0.3 is 0 Å². The minimum Gasteiger partial charge on any atom is -0.411 e. The first kappa shape index (κ1) is 22.2. The second-order valence-electron chi connectivity index (χ2n) is 7.08. The third kappa shape index (κ3) is 4.63. The number of nitriles is 1. The number of nitrogens with one attached hydrogen (secondary N) is 1. The number of thioether (sulfide) groups is 1. The van der Waals surface area contributed by atoms with Crippen molar-refractivity contribution in [3.63, 3.8) is 0 Å². The van der Waals surface area contributed by atoms with Crippen LogP contribution in [0.25, 0.3) is 17.1 Å². The molecular weight excluding hydrogens is 448 g/mol. The first-order valence-corrected chi connectivity index (χ1v) is 10.8. The number of amides is 1. The van der Waals surface area contributed by atoms with Gasteiger partial charge in [0, 0.05) is 11.3 Å². The van der Waals surface area contributed by atoms with Gasteiger partial charge in [0.15, 0.2) is 0 Å². The summed E-state index contributed by atoms with van der Waals surface area (Å²) in [6.45, 7) is 3.56. The highest BCUT2D eigenvalue weighted by atomic mass is 32.2. The van der Waals surface area contributed by atoms with Gasteiger partial charge in [-0.3, -0.25) is 9.36 Å². The van der Waals surface area contributed by atoms with Crippen LogP contribution < -0.4 is 5.32 Å². The highest BCUT2D eigenvalue weighted by Crippen LogP contribution is 2.31. The number of carbonyl (C=O) groups excluding carboxylic acids is 1. The number of aromatic nitrogens is 3. The van der Waals surface area contributed by atoms with Crippen LogP contribution in [0.5, 0.6) is 0 Å². The van der Waals surface area contributed by atoms with Crippen LogP contribution in [0.4, 0.5) is 14.6 Å². The van der Waals surface area contributed by atoms with Crippen LogP contribution in [0.2, 0.25) is 0 Å². The number of hydrogen-bond donors (Lipinski definition) is 1. The van der Waals surface area contributed by atoms with Crippen LogP contribution in [0.1, 0.15) is 16.8 Å². The highest BCUT2D eigenvalue weighted by Gasteiger charge is 2.21. The van der Waals surface area contributed by atoms with Crippen molar-refractivity contribution >= 4 is 23.5 Å². The molecule has 2 aromatic heterocycles. The summed E-state index contributed by atoms with van der Waals surface area (Å²) < 4.78 is 34.0. The Labute approximate surface area is 192 Å². The first-order valence-electron chi connectivity index (χ1n) is 9.77. The molecule has 0 aliphatic carbocycles. The fourth-order valence-electron chi connectivity index (χ4n) is 3.27. The molecule has 0 radical (unpaired) electrons. The lowest BCUT2D eigenvalue weighted by atomic mass is 10.2. The van der Waals surface area contributed by atoms with E-state index in [-0.39, 0.29) is 28.5 Å². The van der Waals surface area contributed by atoms with Crippen molar-refractivity contribution in [2.75, 3.05) is 11.1 Å². The molecule has 0 saturated carbocycles. The molecule has 1 N–H and O–H groups in total. The largest absolute Gasteiger partial charge is 0.411 e. The maximum Gasteiger partial charge on any atom is 0.277 e. The van der Waals surface area contributed by atoms with Gasteiger partial charge in [0.25, 0.3) is 5.22 Å². The zero-order valence-electron chi connectivity index (χ0n) is 17.6. The van der Waals surface area contributed by atoms with Crippen molar-refractivity contribution in [3.05, 3.63) is 77.0 Å². The standard InChI is InChI=1S/C23H17F2N5O2S/c1-13-14(2)30(18-5-3-4-17(25)10-18)21(19(13)11-26)27-20(31)12-33-23-29-28-22(32-23)15-6-8-16(24)9-7-15/h3-10H,12H2,1-2H3,(H,27,31). The van der Waals surface area contributed by atoms with Crippen LogP contribution >= 0.6 is 11.8 Å². The van der Waals surface area contributed by atoms with Gasteiger partial charge in [-0.15, -0.1) is 10.2 Å². The second kappa shape index (κ2) is 9.26. The fourth-order valence-corrected chi connectivity index (χ4v) is 3.83. The van der Waals surface area contributed by atoms with E-state index in [1.54, 1.807) is 30.5 Å². The van der Waals surface area contributed by atoms with Gasteiger partial charge in [0.05, 0.1) is 17.0 Å². The van der Waals surface area contributed by atoms with E-state index in [9.17, 15) is 18.8 Å². The smallest absolute Gasteiger partial charge is 0.277 e. The van der Waals surface area contributed by atoms with Crippen LogP contribution in [0, 0.1) is 36.8 Å². The Balaban J connectivity index is 1.52. The summed E-state index contributed by atoms with van der Waals surface area (Å²) in [5.41, 5.74) is 2.73. The molecule has 166 valence electrons. The zero-order chi connectivity index (χ0) is 23.5. The van der Waals surface area contributed by atoms with Crippen LogP contribution in [-0.4, -0.2) is 26.4 Å². The lowest BCUT2D eigenvalue weighted by Crippen LogP contribution is -2.17. The van der Waals surface area contributed by atoms with Gasteiger partial charge in [-0.05, 0) is 61.9 Å². The summed E-state index contributed by atoms with van der Waals surface area (Å²) >= 11 is 1.02. The molecule has 7 nitrogen and oxygen atoms in total. The van der Waals surface area contributed by atoms with Crippen molar-refractivity contribution in [2.24, 2.45) is 0 Å². The molecule has 4 aromatic rings. The fraction of sp³-hybridized carbons (Fsp3) is 0.130. The van der Waals surface area contributed by atoms with Crippen molar-refractivity contribution in [3.8, 4) is 23.2 Å². The van der Waals surface area contributed by atoms with Crippen LogP contribution in [0.15, 0.2) is 58.2 Å². The van der Waals surface area contributed by atoms with Crippen LogP contribution in [0.3, 0.4) is 0 Å². The Morgan fingerprint density at radius 2 is 1.91 bits per heavy atom. The van der Waals surface area contributed by atoms with Crippen molar-refractivity contribution < 1.29 is 18.0 Å². The molecular formula is C23H17F2N5O2S. The molecule has 0 fully saturated rings. The molecule has 2 aromatic carbocycles. The first-order chi connectivity index (χ1) is 15.9. The van der Waals surface area contributed by atoms with Gasteiger partial charge in [0.2, 0.25) is 11.8 Å². The minimum atomic E-state index is -0.432. The molecule has 0 aliphatic heterocycles. The third-order valence-electron chi connectivity index (χ3n) is 4.97. The number of benzene rings is 2. The lowest BCUT2D eigenvalue weighted by Gasteiger charge is -2.13. The third-order valence-corrected chi connectivity index (χ3v) is 5.79. The Morgan fingerprint density at radius 3 is 2.61 bits per heavy atom. The van der Waals surface area contributed by atoms with Gasteiger partial charge in [0.1, 0.15) is 23.5 Å². The van der Waals surface area contributed by atoms with E-state index in [4.69, 9.17) is 4.42 Å². The number of rotatable bonds is 6. The summed E-state index contributed by atoms with van der Waals surface area (Å²) in [5.74, 6) is -0.819. The van der Waals surface area contributed by atoms with E-state index in [1.165, 1.54) is 36.4 Å². The van der Waals surface area contributed by atoms with E-state index in [0.717, 1.165) is 11.8 Å². The van der Waals surface area contributed by atoms with Gasteiger partial charge < -0.3 is 9.73 Å². The Morgan fingerprint density at radius 1 is 1.15 bits per heavy atom. The summed E-state index contributed by atoms with van der Waals surface area (Å²) in [5, 5.41) is 20.4. The van der Waals surface area contributed by atoms with Gasteiger partial charge in [-0.25, -0.2) is 8.78 Å². The average Bonchev–Trinajstić information content (AvgIpc) is 3.36. The quantitative estimate of drug-likeness (QED) is 0.402. The van der Waals surface area contributed by atoms with E-state index in [0.29, 0.717) is 28.1 Å². The number of carbonyl (C=O) groups is 1. The SMILES string of the molecule is Cc1c(C#N)c(NC(=O)CSc2nnc(-c3ccc(F)cc3)o2)n(-c2cccc(F)c2)c1C. The zero-order valence-corrected chi connectivity index (χ0v) is 18.4. The number of halogens is 2. The summed E-state index contributed by atoms with van der Waals surface area (Å²) in [4.78, 5) is 12.7. The molecule has 0 bridgehead atoms. The van der Waals surface area contributed by atoms with E-state index >= 15 is 0 Å². The number of nitrogens with zero attached hydrogens (tertiary/aromatic N) is 4. The van der Waals surface area contributed by atoms with Crippen LogP contribution in [-0.2, 0) is 4.79 Å². The Bertz CT molecular complexity index is 1370. The molecule has 0 aliphatic rings. The second-order valence-corrected chi connectivity index (χ2v) is 8.00. The van der Waals surface area contributed by atoms with E-state index < -0.39 is 11.7 Å². The molecule has 0 spiro atoms. The topological polar surface area (TPSA) is 96.7 Å². The molecule has 4 rings (SSSR count). The Kier molecular flexibility index (Phi) is 6.24. The maximum atomic E-state index is 13.8. The van der Waals surface area contributed by atoms with E-state index in [2.05, 4.69) is 21.6 Å². The summed E-state index contributed by atoms with van der Waals surface area (Å²) in [6.07, 6.45) is 0. The average molecular weight is 465 g/mol. The predicted octanol–water partition coefficient (Wildman–Crippen LogP) is 5.02. The normalized spacial score (nSPS) is 10.8. The summed E-state index contributed by atoms with van der Waals surface area (Å²) in [7, 11) is 0. The molecule has 33 heavy (non-hydrogen) atoms. The van der Waals surface area contributed by atoms with Crippen molar-refractivity contribution in [2.45, 2.75) is 19.1 Å². The van der Waals surface area contributed by atoms with Crippen molar-refractivity contribution in [1.82, 2.24) is 14.8 Å². The molecule has 2 heterocycles. The highest BCUT2D eigenvalue weighted by molar-refractivity contribution is 7.99. The predicted molar refractivity (Wildman–Crippen MR) is 119 cm³/mol. The maximum absolute atomic E-state index is 13.8. The molecule has 1 amide bonds. The minimum absolute atomic E-state index is 0.0671. The molecule has 0 saturated heterocycles. The van der Waals surface area contributed by atoms with E-state index in [1.807, 2.05) is 0 Å². The van der Waals surface area contributed by atoms with Crippen molar-refractivity contribution in [1.29, 1.82) is 5.26 Å². The monoisotopic (exact) mass is 465 g/mol. The number of anilines is 1. The Hall–Kier alpha value is -3.97. The molecule has 0 unspecified atom stereocenters. The summed E-state index contributed by atoms with van der Waals surface area (Å²) in [6, 6.07) is 13.6. The molecule has 10 heteroatoms. The molecule has 0 atom stereocenters.